The summed E-state index contributed by atoms with van der Waals surface area (Å²) in [6.45, 7) is 2.75. The van der Waals surface area contributed by atoms with Crippen molar-refractivity contribution in [2.45, 2.75) is 344 Å². The van der Waals surface area contributed by atoms with Crippen LogP contribution in [0.3, 0.4) is 0 Å². The number of ether oxygens (including phenoxy) is 4. The predicted octanol–water partition coefficient (Wildman–Crippen LogP) is 12.9. The van der Waals surface area contributed by atoms with Gasteiger partial charge in [0.15, 0.2) is 12.6 Å². The van der Waals surface area contributed by atoms with E-state index in [0.29, 0.717) is 12.8 Å². The molecule has 0 aromatic heterocycles. The fourth-order valence-electron chi connectivity index (χ4n) is 10.8. The van der Waals surface area contributed by atoms with Crippen molar-refractivity contribution in [3.05, 3.63) is 60.8 Å². The molecule has 0 aromatic rings. The lowest BCUT2D eigenvalue weighted by atomic mass is 9.97. The van der Waals surface area contributed by atoms with Crippen LogP contribution in [0.4, 0.5) is 0 Å². The van der Waals surface area contributed by atoms with Crippen LogP contribution in [0.5, 0.6) is 0 Å². The lowest BCUT2D eigenvalue weighted by Crippen LogP contribution is -2.65. The van der Waals surface area contributed by atoms with Crippen molar-refractivity contribution in [3.8, 4) is 0 Å². The van der Waals surface area contributed by atoms with Gasteiger partial charge in [-0.1, -0.05) is 248 Å². The fourth-order valence-corrected chi connectivity index (χ4v) is 10.8. The van der Waals surface area contributed by atoms with Crippen LogP contribution in [-0.2, 0) is 23.7 Å². The summed E-state index contributed by atoms with van der Waals surface area (Å²) in [6, 6.07) is -0.948. The lowest BCUT2D eigenvalue weighted by Gasteiger charge is -2.46. The van der Waals surface area contributed by atoms with Crippen LogP contribution < -0.4 is 5.32 Å². The van der Waals surface area contributed by atoms with Crippen LogP contribution >= 0.6 is 0 Å². The molecule has 12 atom stereocenters. The maximum Gasteiger partial charge on any atom is 0.220 e. The highest BCUT2D eigenvalue weighted by molar-refractivity contribution is 5.76. The largest absolute Gasteiger partial charge is 0.394 e. The zero-order chi connectivity index (χ0) is 59.5. The van der Waals surface area contributed by atoms with Gasteiger partial charge in [-0.15, -0.1) is 0 Å². The number of carbonyl (C=O) groups excluding carboxylic acids is 1. The van der Waals surface area contributed by atoms with Crippen molar-refractivity contribution in [1.82, 2.24) is 5.32 Å². The smallest absolute Gasteiger partial charge is 0.220 e. The van der Waals surface area contributed by atoms with Crippen molar-refractivity contribution in [3.63, 3.8) is 0 Å². The van der Waals surface area contributed by atoms with Crippen molar-refractivity contribution in [2.75, 3.05) is 19.8 Å². The highest BCUT2D eigenvalue weighted by atomic mass is 16.7. The molecule has 0 aromatic carbocycles. The minimum absolute atomic E-state index is 0.252. The zero-order valence-corrected chi connectivity index (χ0v) is 51.7. The summed E-state index contributed by atoms with van der Waals surface area (Å²) < 4.78 is 22.8. The van der Waals surface area contributed by atoms with E-state index >= 15 is 0 Å². The number of nitrogens with one attached hydrogen (secondary N) is 1. The first-order chi connectivity index (χ1) is 40.1. The highest BCUT2D eigenvalue weighted by Crippen LogP contribution is 2.30. The number of allylic oxidation sites excluding steroid dienone is 9. The second-order valence-electron chi connectivity index (χ2n) is 23.6. The molecule has 14 nitrogen and oxygen atoms in total. The Hall–Kier alpha value is -2.31. The first-order valence-corrected chi connectivity index (χ1v) is 33.5. The average Bonchev–Trinajstić information content (AvgIpc) is 3.53. The zero-order valence-electron chi connectivity index (χ0n) is 51.7. The molecule has 0 aliphatic carbocycles. The number of amides is 1. The van der Waals surface area contributed by atoms with Gasteiger partial charge in [-0.25, -0.2) is 0 Å². The second kappa shape index (κ2) is 53.0. The Balaban J connectivity index is 1.69. The number of rotatable bonds is 54. The van der Waals surface area contributed by atoms with Gasteiger partial charge >= 0.3 is 0 Å². The molecule has 0 saturated carbocycles. The van der Waals surface area contributed by atoms with E-state index in [9.17, 15) is 45.6 Å². The van der Waals surface area contributed by atoms with Gasteiger partial charge in [-0.3, -0.25) is 4.79 Å². The quantitative estimate of drug-likeness (QED) is 0.0204. The summed E-state index contributed by atoms with van der Waals surface area (Å²) in [5, 5.41) is 87.2. The van der Waals surface area contributed by atoms with Crippen molar-refractivity contribution >= 4 is 5.91 Å². The number of hydrogen-bond donors (Lipinski definition) is 9. The molecule has 82 heavy (non-hydrogen) atoms. The predicted molar refractivity (Wildman–Crippen MR) is 332 cm³/mol. The number of aliphatic hydroxyl groups excluding tert-OH is 8. The first-order valence-electron chi connectivity index (χ1n) is 33.5. The van der Waals surface area contributed by atoms with Gasteiger partial charge in [0.2, 0.25) is 5.91 Å². The molecule has 2 saturated heterocycles. The Kier molecular flexibility index (Phi) is 49.0. The molecular weight excluding hydrogens is 1040 g/mol. The van der Waals surface area contributed by atoms with E-state index in [-0.39, 0.29) is 18.9 Å². The number of aliphatic hydroxyl groups is 8. The van der Waals surface area contributed by atoms with E-state index in [0.717, 1.165) is 70.6 Å². The number of unbranched alkanes of at least 4 members (excludes halogenated alkanes) is 33. The summed E-state index contributed by atoms with van der Waals surface area (Å²) in [7, 11) is 0. The van der Waals surface area contributed by atoms with Crippen LogP contribution in [-0.4, -0.2) is 140 Å². The van der Waals surface area contributed by atoms with E-state index < -0.39 is 86.8 Å². The Morgan fingerprint density at radius 2 is 0.817 bits per heavy atom. The van der Waals surface area contributed by atoms with E-state index in [1.54, 1.807) is 6.08 Å². The van der Waals surface area contributed by atoms with Gasteiger partial charge in [-0.05, 0) is 77.0 Å². The maximum atomic E-state index is 13.2. The van der Waals surface area contributed by atoms with Crippen molar-refractivity contribution < 1.29 is 64.6 Å². The second-order valence-corrected chi connectivity index (χ2v) is 23.6. The molecule has 0 radical (unpaired) electrons. The third-order valence-corrected chi connectivity index (χ3v) is 16.2. The monoisotopic (exact) mass is 1160 g/mol. The molecule has 2 fully saturated rings. The van der Waals surface area contributed by atoms with Gasteiger partial charge in [0.25, 0.3) is 0 Å². The molecule has 0 spiro atoms. The Labute approximate surface area is 498 Å². The molecule has 14 heteroatoms. The lowest BCUT2D eigenvalue weighted by molar-refractivity contribution is -0.359. The summed E-state index contributed by atoms with van der Waals surface area (Å²) in [5.74, 6) is -0.267. The third kappa shape index (κ3) is 37.3. The molecule has 2 rings (SSSR count). The van der Waals surface area contributed by atoms with Crippen LogP contribution in [0.2, 0.25) is 0 Å². The van der Waals surface area contributed by atoms with Gasteiger partial charge in [0, 0.05) is 6.42 Å². The van der Waals surface area contributed by atoms with Crippen molar-refractivity contribution in [1.29, 1.82) is 0 Å². The molecular formula is C68H123NO13. The van der Waals surface area contributed by atoms with Crippen LogP contribution in [0.15, 0.2) is 60.8 Å². The van der Waals surface area contributed by atoms with Gasteiger partial charge in [0.05, 0.1) is 32.0 Å². The van der Waals surface area contributed by atoms with E-state index in [1.165, 1.54) is 167 Å². The van der Waals surface area contributed by atoms with E-state index in [2.05, 4.69) is 67.8 Å². The van der Waals surface area contributed by atoms with Gasteiger partial charge in [0.1, 0.15) is 48.8 Å². The summed E-state index contributed by atoms with van der Waals surface area (Å²) in [5.41, 5.74) is 0. The molecule has 1 amide bonds. The minimum atomic E-state index is -1.80. The molecule has 12 unspecified atom stereocenters. The van der Waals surface area contributed by atoms with E-state index in [4.69, 9.17) is 18.9 Å². The normalized spacial score (nSPS) is 24.3. The summed E-state index contributed by atoms with van der Waals surface area (Å²) >= 11 is 0. The molecule has 2 heterocycles. The Morgan fingerprint density at radius 1 is 0.439 bits per heavy atom. The molecule has 9 N–H and O–H groups in total. The van der Waals surface area contributed by atoms with Crippen LogP contribution in [0, 0.1) is 0 Å². The molecule has 2 aliphatic rings. The van der Waals surface area contributed by atoms with Crippen LogP contribution in [0.1, 0.15) is 271 Å². The first kappa shape index (κ1) is 75.8. The number of carbonyl (C=O) groups is 1. The SMILES string of the molecule is CCCCC/C=C\C/C=C\CCCCCCCC(=O)NC(COC1OC(CO)C(OC2OC(CO)C(O)C(O)C2O)C(O)C1O)C(O)/C=C/CC/C=C/CC/C=C/CCCCCCCCCCCCCCCCCCCCCCCCC. The van der Waals surface area contributed by atoms with Crippen LogP contribution in [0.25, 0.3) is 0 Å². The third-order valence-electron chi connectivity index (χ3n) is 16.2. The Morgan fingerprint density at radius 3 is 1.29 bits per heavy atom. The Bertz CT molecular complexity index is 1610. The van der Waals surface area contributed by atoms with Gasteiger partial charge in [-0.2, -0.15) is 0 Å². The average molecular weight is 1160 g/mol. The highest BCUT2D eigenvalue weighted by Gasteiger charge is 2.51. The van der Waals surface area contributed by atoms with Gasteiger partial charge < -0.3 is 65.1 Å². The molecule has 2 aliphatic heterocycles. The molecule has 0 bridgehead atoms. The van der Waals surface area contributed by atoms with Crippen molar-refractivity contribution in [2.24, 2.45) is 0 Å². The summed E-state index contributed by atoms with van der Waals surface area (Å²) in [6.07, 6.45) is 53.0. The van der Waals surface area contributed by atoms with E-state index in [1.807, 2.05) is 6.08 Å². The standard InChI is InChI=1S/C68H123NO13/c1-3-5-7-9-11-13-15-17-19-20-21-22-23-24-25-26-27-28-29-30-31-32-33-34-35-36-38-39-41-43-45-47-49-51-57(72)56(69-60(73)52-50-48-46-44-42-40-37-18-16-14-12-10-8-6-4-2)55-79-67-65(78)63(76)66(59(54-71)81-67)82-68-64(77)62(75)61(74)58(53-70)80-68/h12,14,18,35-37,41,43,49,51,56-59,61-68,70-72,74-78H,3-11,13,15-17,19-34,38-40,42,44-48,50,52-55H2,1-2H3,(H,69,73)/b14-12-,36-35+,37-18-,43-41+,51-49+. The fraction of sp³-hybridized carbons (Fsp3) is 0.838. The molecule has 478 valence electrons. The number of hydrogen-bond acceptors (Lipinski definition) is 13. The summed E-state index contributed by atoms with van der Waals surface area (Å²) in [4.78, 5) is 13.2. The topological polar surface area (TPSA) is 228 Å². The minimum Gasteiger partial charge on any atom is -0.394 e. The maximum absolute atomic E-state index is 13.2.